The first-order valence-electron chi connectivity index (χ1n) is 18.7. The molecule has 0 bridgehead atoms. The van der Waals surface area contributed by atoms with Gasteiger partial charge < -0.3 is 5.73 Å². The molecule has 0 saturated heterocycles. The Hall–Kier alpha value is -6.02. The molecule has 54 heavy (non-hydrogen) atoms. The number of nitrogens with two attached hydrogens (primary N) is 1. The lowest BCUT2D eigenvalue weighted by atomic mass is 9.85. The minimum Gasteiger partial charge on any atom is -0.333 e. The van der Waals surface area contributed by atoms with Crippen LogP contribution in [0.2, 0.25) is 0 Å². The van der Waals surface area contributed by atoms with Gasteiger partial charge in [-0.05, 0) is 121 Å². The lowest BCUT2D eigenvalue weighted by Crippen LogP contribution is -1.91. The summed E-state index contributed by atoms with van der Waals surface area (Å²) in [5.74, 6) is 0. The van der Waals surface area contributed by atoms with E-state index in [1.54, 1.807) is 0 Å². The average Bonchev–Trinajstić information content (AvgIpc) is 3.22. The number of benzene rings is 9. The highest BCUT2D eigenvalue weighted by molar-refractivity contribution is 6.22. The summed E-state index contributed by atoms with van der Waals surface area (Å²) < 4.78 is 0. The third-order valence-electron chi connectivity index (χ3n) is 9.89. The van der Waals surface area contributed by atoms with Gasteiger partial charge in [0.2, 0.25) is 0 Å². The lowest BCUT2D eigenvalue weighted by Gasteiger charge is -2.18. The molecule has 0 heterocycles. The lowest BCUT2D eigenvalue weighted by molar-refractivity contribution is 1.41. The van der Waals surface area contributed by atoms with Gasteiger partial charge in [0, 0.05) is 0 Å². The van der Waals surface area contributed by atoms with Crippen LogP contribution in [-0.2, 0) is 0 Å². The Labute approximate surface area is 322 Å². The molecular weight excluding hydrogens is 651 g/mol. The van der Waals surface area contributed by atoms with E-state index >= 15 is 0 Å². The van der Waals surface area contributed by atoms with Gasteiger partial charge in [0.05, 0.1) is 0 Å². The fraction of sp³-hybridized carbons (Fsp3) is 0.132. The van der Waals surface area contributed by atoms with E-state index in [2.05, 4.69) is 202 Å². The molecule has 0 radical (unpaired) electrons. The van der Waals surface area contributed by atoms with Crippen LogP contribution in [0, 0.1) is 20.8 Å². The Kier molecular flexibility index (Phi) is 13.2. The van der Waals surface area contributed by atoms with Crippen molar-refractivity contribution in [2.45, 2.75) is 42.0 Å². The molecule has 0 spiro atoms. The second-order valence-electron chi connectivity index (χ2n) is 13.1. The van der Waals surface area contributed by atoms with Crippen LogP contribution in [0.4, 0.5) is 0 Å². The number of hydrogen-bond acceptors (Lipinski definition) is 1. The minimum atomic E-state index is 0. The molecule has 0 unspecified atom stereocenters. The van der Waals surface area contributed by atoms with E-state index in [9.17, 15) is 0 Å². The Balaban J connectivity index is 0.000000249. The zero-order chi connectivity index (χ0) is 37.3. The van der Waals surface area contributed by atoms with Crippen LogP contribution in [0.25, 0.3) is 76.5 Å². The van der Waals surface area contributed by atoms with Crippen LogP contribution in [0.5, 0.6) is 0 Å². The van der Waals surface area contributed by atoms with Crippen LogP contribution in [-0.4, -0.2) is 7.05 Å². The molecule has 0 fully saturated rings. The summed E-state index contributed by atoms with van der Waals surface area (Å²) in [6.45, 7) is 10.5. The molecule has 0 aliphatic heterocycles. The van der Waals surface area contributed by atoms with E-state index in [1.807, 2.05) is 13.8 Å². The standard InChI is InChI=1S/C35H24.C14H14.C2H6.CH5N.CH4/c1-23-14-16-26(17-15-23)34-29-10-4-6-12-31(29)35(32-13-7-5-11-30(32)34)27-21-20-25-19-18-24-8-2-3-9-28(24)33(25)22-27;1-11-7-3-5-9-13(11)14-10-6-4-8-12(14)2;2*1-2;/h2-22H,1H3;3-10H,1-2H3;1-2H3;2H2,1H3;1H4. The van der Waals surface area contributed by atoms with Gasteiger partial charge in [0.15, 0.2) is 0 Å². The molecular formula is C53H53N. The average molecular weight is 704 g/mol. The fourth-order valence-corrected chi connectivity index (χ4v) is 7.38. The van der Waals surface area contributed by atoms with Gasteiger partial charge in [0.25, 0.3) is 0 Å². The fourth-order valence-electron chi connectivity index (χ4n) is 7.38. The van der Waals surface area contributed by atoms with Crippen molar-refractivity contribution in [2.24, 2.45) is 5.73 Å². The zero-order valence-corrected chi connectivity index (χ0v) is 31.8. The van der Waals surface area contributed by atoms with Crippen LogP contribution in [0.15, 0.2) is 176 Å². The molecule has 9 rings (SSSR count). The van der Waals surface area contributed by atoms with Crippen LogP contribution >= 0.6 is 0 Å². The quantitative estimate of drug-likeness (QED) is 0.144. The molecule has 1 heteroatoms. The first-order chi connectivity index (χ1) is 26.1. The molecule has 9 aromatic carbocycles. The summed E-state index contributed by atoms with van der Waals surface area (Å²) in [7, 11) is 1.50. The Morgan fingerprint density at radius 3 is 1.17 bits per heavy atom. The summed E-state index contributed by atoms with van der Waals surface area (Å²) in [6, 6.07) is 63.8. The highest BCUT2D eigenvalue weighted by Gasteiger charge is 2.17. The van der Waals surface area contributed by atoms with Gasteiger partial charge in [-0.15, -0.1) is 0 Å². The van der Waals surface area contributed by atoms with Crippen molar-refractivity contribution in [1.82, 2.24) is 0 Å². The summed E-state index contributed by atoms with van der Waals surface area (Å²) >= 11 is 0. The van der Waals surface area contributed by atoms with E-state index in [4.69, 9.17) is 0 Å². The van der Waals surface area contributed by atoms with Crippen molar-refractivity contribution in [3.8, 4) is 33.4 Å². The monoisotopic (exact) mass is 703 g/mol. The number of aryl methyl sites for hydroxylation is 3. The maximum absolute atomic E-state index is 4.50. The topological polar surface area (TPSA) is 26.0 Å². The molecule has 0 aliphatic carbocycles. The first kappa shape index (κ1) is 39.2. The van der Waals surface area contributed by atoms with Gasteiger partial charge in [-0.2, -0.15) is 0 Å². The molecule has 2 N–H and O–H groups in total. The molecule has 0 saturated carbocycles. The molecule has 9 aromatic rings. The molecule has 0 aliphatic rings. The van der Waals surface area contributed by atoms with Gasteiger partial charge >= 0.3 is 0 Å². The van der Waals surface area contributed by atoms with Gasteiger partial charge in [0.1, 0.15) is 0 Å². The highest BCUT2D eigenvalue weighted by atomic mass is 14.4. The maximum atomic E-state index is 4.50. The van der Waals surface area contributed by atoms with Crippen molar-refractivity contribution in [3.63, 3.8) is 0 Å². The van der Waals surface area contributed by atoms with Crippen molar-refractivity contribution in [2.75, 3.05) is 7.05 Å². The largest absolute Gasteiger partial charge is 0.333 e. The smallest absolute Gasteiger partial charge is 0.00261 e. The number of fused-ring (bicyclic) bond motifs is 5. The van der Waals surface area contributed by atoms with Gasteiger partial charge in [-0.25, -0.2) is 0 Å². The van der Waals surface area contributed by atoms with Crippen molar-refractivity contribution in [3.05, 3.63) is 193 Å². The Morgan fingerprint density at radius 2 is 0.685 bits per heavy atom. The third-order valence-corrected chi connectivity index (χ3v) is 9.89. The zero-order valence-electron chi connectivity index (χ0n) is 31.8. The molecule has 0 amide bonds. The molecule has 0 atom stereocenters. The normalized spacial score (nSPS) is 10.4. The minimum absolute atomic E-state index is 0. The second-order valence-corrected chi connectivity index (χ2v) is 13.1. The SMILES string of the molecule is C.CC.CN.Cc1ccc(-c2c3ccccc3c(-c3ccc4ccc5ccccc5c4c3)c3ccccc23)cc1.Cc1ccccc1-c1ccccc1C. The second kappa shape index (κ2) is 18.1. The summed E-state index contributed by atoms with van der Waals surface area (Å²) in [5.41, 5.74) is 16.3. The third kappa shape index (κ3) is 7.83. The first-order valence-corrected chi connectivity index (χ1v) is 18.7. The van der Waals surface area contributed by atoms with Crippen molar-refractivity contribution < 1.29 is 0 Å². The van der Waals surface area contributed by atoms with E-state index in [-0.39, 0.29) is 7.43 Å². The van der Waals surface area contributed by atoms with Crippen LogP contribution < -0.4 is 5.73 Å². The highest BCUT2D eigenvalue weighted by Crippen LogP contribution is 2.44. The molecule has 1 nitrogen and oxygen atoms in total. The maximum Gasteiger partial charge on any atom is -0.00261 e. The van der Waals surface area contributed by atoms with Crippen LogP contribution in [0.3, 0.4) is 0 Å². The number of rotatable bonds is 3. The van der Waals surface area contributed by atoms with E-state index < -0.39 is 0 Å². The Bertz CT molecular complexity index is 2530. The van der Waals surface area contributed by atoms with Gasteiger partial charge in [-0.3, -0.25) is 0 Å². The van der Waals surface area contributed by atoms with E-state index in [0.717, 1.165) is 0 Å². The van der Waals surface area contributed by atoms with Crippen molar-refractivity contribution in [1.29, 1.82) is 0 Å². The molecule has 270 valence electrons. The molecule has 0 aromatic heterocycles. The van der Waals surface area contributed by atoms with Gasteiger partial charge in [-0.1, -0.05) is 197 Å². The summed E-state index contributed by atoms with van der Waals surface area (Å²) in [6.07, 6.45) is 0. The summed E-state index contributed by atoms with van der Waals surface area (Å²) in [5, 5.41) is 10.3. The van der Waals surface area contributed by atoms with E-state index in [1.165, 1.54) is 100 Å². The predicted octanol–water partition coefficient (Wildman–Crippen LogP) is 15.1. The number of hydrogen-bond donors (Lipinski definition) is 1. The Morgan fingerprint density at radius 1 is 0.333 bits per heavy atom. The van der Waals surface area contributed by atoms with Crippen molar-refractivity contribution >= 4 is 43.1 Å². The van der Waals surface area contributed by atoms with Crippen LogP contribution in [0.1, 0.15) is 38.0 Å². The predicted molar refractivity (Wildman–Crippen MR) is 242 cm³/mol. The van der Waals surface area contributed by atoms with E-state index in [0.29, 0.717) is 0 Å². The summed E-state index contributed by atoms with van der Waals surface area (Å²) in [4.78, 5) is 0.